The van der Waals surface area contributed by atoms with Crippen molar-refractivity contribution in [3.8, 4) is 0 Å². The zero-order valence-electron chi connectivity index (χ0n) is 17.3. The summed E-state index contributed by atoms with van der Waals surface area (Å²) >= 11 is 1.42. The van der Waals surface area contributed by atoms with Crippen LogP contribution in [0.5, 0.6) is 0 Å². The molecular formula is C19H30N4O6S. The molecule has 1 saturated carbocycles. The van der Waals surface area contributed by atoms with E-state index in [1.807, 2.05) is 12.3 Å². The average Bonchev–Trinajstić information content (AvgIpc) is 3.20. The Hall–Kier alpha value is -1.18. The first-order chi connectivity index (χ1) is 14.4. The van der Waals surface area contributed by atoms with Gasteiger partial charge >= 0.3 is 0 Å². The van der Waals surface area contributed by atoms with E-state index in [1.165, 1.54) is 11.3 Å². The van der Waals surface area contributed by atoms with Crippen LogP contribution in [-0.4, -0.2) is 89.8 Å². The van der Waals surface area contributed by atoms with Crippen LogP contribution in [0.25, 0.3) is 0 Å². The van der Waals surface area contributed by atoms with Gasteiger partial charge in [0, 0.05) is 11.4 Å². The van der Waals surface area contributed by atoms with Gasteiger partial charge in [0.1, 0.15) is 6.10 Å². The average molecular weight is 443 g/mol. The summed E-state index contributed by atoms with van der Waals surface area (Å²) < 4.78 is 18.2. The number of nitrogens with one attached hydrogen (secondary N) is 3. The van der Waals surface area contributed by atoms with Gasteiger partial charge in [-0.05, 0) is 33.9 Å². The molecule has 30 heavy (non-hydrogen) atoms. The number of amides is 1. The predicted octanol–water partition coefficient (Wildman–Crippen LogP) is -1.28. The standard InChI is InChI=1S/C19H30N4O6S/c1-9-4-13(23-14(24)5-10-7-30-8-22-10)19(26)18(27-9)28-12-6-11(20-2)16(25)15(21-3)17(12)29-19/h7-9,11-13,15-18,20-21,25-26H,4-6H2,1-3H3,(H,23,24)/t9-,11?,12?,13?,15?,16?,17?,18?,19?/m1/s1. The minimum atomic E-state index is -1.87. The second-order valence-corrected chi connectivity index (χ2v) is 8.95. The van der Waals surface area contributed by atoms with E-state index >= 15 is 0 Å². The van der Waals surface area contributed by atoms with Gasteiger partial charge in [0.25, 0.3) is 0 Å². The van der Waals surface area contributed by atoms with E-state index in [2.05, 4.69) is 20.9 Å². The molecule has 0 aromatic carbocycles. The molecule has 0 bridgehead atoms. The highest BCUT2D eigenvalue weighted by atomic mass is 32.1. The number of fused-ring (bicyclic) bond motifs is 2. The lowest BCUT2D eigenvalue weighted by atomic mass is 9.81. The van der Waals surface area contributed by atoms with Crippen molar-refractivity contribution in [1.29, 1.82) is 0 Å². The Morgan fingerprint density at radius 1 is 1.33 bits per heavy atom. The summed E-state index contributed by atoms with van der Waals surface area (Å²) in [7, 11) is 3.52. The van der Waals surface area contributed by atoms with Crippen LogP contribution < -0.4 is 16.0 Å². The molecule has 4 rings (SSSR count). The van der Waals surface area contributed by atoms with Crippen LogP contribution in [0.15, 0.2) is 10.9 Å². The van der Waals surface area contributed by atoms with Crippen LogP contribution in [0.2, 0.25) is 0 Å². The van der Waals surface area contributed by atoms with E-state index < -0.39 is 36.4 Å². The van der Waals surface area contributed by atoms with Gasteiger partial charge in [0.2, 0.25) is 18.0 Å². The highest BCUT2D eigenvalue weighted by molar-refractivity contribution is 7.07. The van der Waals surface area contributed by atoms with Crippen molar-refractivity contribution in [3.05, 3.63) is 16.6 Å². The van der Waals surface area contributed by atoms with E-state index in [0.29, 0.717) is 18.5 Å². The minimum Gasteiger partial charge on any atom is -0.390 e. The first-order valence-corrected chi connectivity index (χ1v) is 11.2. The van der Waals surface area contributed by atoms with Crippen molar-refractivity contribution < 1.29 is 29.2 Å². The van der Waals surface area contributed by atoms with Crippen molar-refractivity contribution in [1.82, 2.24) is 20.9 Å². The maximum atomic E-state index is 12.6. The molecule has 168 valence electrons. The van der Waals surface area contributed by atoms with E-state index in [9.17, 15) is 15.0 Å². The molecule has 0 radical (unpaired) electrons. The monoisotopic (exact) mass is 442 g/mol. The van der Waals surface area contributed by atoms with Crippen LogP contribution in [0, 0.1) is 0 Å². The first kappa shape index (κ1) is 22.0. The zero-order valence-corrected chi connectivity index (χ0v) is 18.1. The molecule has 8 unspecified atom stereocenters. The number of ether oxygens (including phenoxy) is 3. The van der Waals surface area contributed by atoms with Crippen molar-refractivity contribution in [2.24, 2.45) is 0 Å². The summed E-state index contributed by atoms with van der Waals surface area (Å²) in [5.41, 5.74) is 2.34. The number of nitrogens with zero attached hydrogens (tertiary/aromatic N) is 1. The van der Waals surface area contributed by atoms with Crippen molar-refractivity contribution >= 4 is 17.2 Å². The van der Waals surface area contributed by atoms with Gasteiger partial charge in [-0.2, -0.15) is 0 Å². The summed E-state index contributed by atoms with van der Waals surface area (Å²) in [6.07, 6.45) is -2.02. The largest absolute Gasteiger partial charge is 0.390 e. The number of rotatable bonds is 5. The number of carbonyl (C=O) groups excluding carboxylic acids is 1. The maximum absolute atomic E-state index is 12.6. The van der Waals surface area contributed by atoms with Crippen LogP contribution in [0.3, 0.4) is 0 Å². The van der Waals surface area contributed by atoms with Crippen molar-refractivity contribution in [3.63, 3.8) is 0 Å². The van der Waals surface area contributed by atoms with Gasteiger partial charge in [-0.3, -0.25) is 4.79 Å². The molecule has 3 fully saturated rings. The number of thiazole rings is 1. The Morgan fingerprint density at radius 3 is 2.80 bits per heavy atom. The van der Waals surface area contributed by atoms with Crippen LogP contribution >= 0.6 is 11.3 Å². The Kier molecular flexibility index (Phi) is 6.43. The summed E-state index contributed by atoms with van der Waals surface area (Å²) in [4.78, 5) is 16.7. The molecule has 5 N–H and O–H groups in total. The van der Waals surface area contributed by atoms with E-state index in [-0.39, 0.29) is 30.6 Å². The fraction of sp³-hybridized carbons (Fsp3) is 0.789. The third-order valence-corrected chi connectivity index (χ3v) is 6.87. The van der Waals surface area contributed by atoms with Gasteiger partial charge in [0.05, 0.1) is 48.0 Å². The lowest BCUT2D eigenvalue weighted by molar-refractivity contribution is -0.442. The molecule has 1 aromatic rings. The number of aromatic nitrogens is 1. The molecular weight excluding hydrogens is 412 g/mol. The van der Waals surface area contributed by atoms with Crippen molar-refractivity contribution in [2.75, 3.05) is 14.1 Å². The number of aliphatic hydroxyl groups is 2. The fourth-order valence-corrected chi connectivity index (χ4v) is 5.23. The lowest BCUT2D eigenvalue weighted by Crippen LogP contribution is -2.76. The molecule has 3 aliphatic rings. The Morgan fingerprint density at radius 2 is 2.13 bits per heavy atom. The van der Waals surface area contributed by atoms with Crippen LogP contribution in [0.4, 0.5) is 0 Å². The summed E-state index contributed by atoms with van der Waals surface area (Å²) in [6.45, 7) is 1.87. The van der Waals surface area contributed by atoms with E-state index in [4.69, 9.17) is 14.2 Å². The predicted molar refractivity (Wildman–Crippen MR) is 108 cm³/mol. The van der Waals surface area contributed by atoms with Gasteiger partial charge in [-0.1, -0.05) is 0 Å². The fourth-order valence-electron chi connectivity index (χ4n) is 4.68. The molecule has 2 saturated heterocycles. The van der Waals surface area contributed by atoms with Crippen LogP contribution in [0.1, 0.15) is 25.5 Å². The molecule has 0 spiro atoms. The molecule has 3 heterocycles. The smallest absolute Gasteiger partial charge is 0.239 e. The normalized spacial score (nSPS) is 43.5. The summed E-state index contributed by atoms with van der Waals surface area (Å²) in [6, 6.07) is -1.37. The molecule has 10 nitrogen and oxygen atoms in total. The SMILES string of the molecule is CNC1CC2OC3O[C@H](C)CC(NC(=O)Cc4cscn4)C3(O)OC2C(NC)C1O. The van der Waals surface area contributed by atoms with Crippen LogP contribution in [-0.2, 0) is 25.4 Å². The lowest BCUT2D eigenvalue weighted by Gasteiger charge is -2.56. The highest BCUT2D eigenvalue weighted by Gasteiger charge is 2.61. The van der Waals surface area contributed by atoms with Gasteiger partial charge in [0.15, 0.2) is 0 Å². The Bertz CT molecular complexity index is 739. The second kappa shape index (κ2) is 8.75. The quantitative estimate of drug-likeness (QED) is 0.378. The van der Waals surface area contributed by atoms with E-state index in [0.717, 1.165) is 0 Å². The molecule has 2 aliphatic heterocycles. The van der Waals surface area contributed by atoms with Gasteiger partial charge < -0.3 is 40.4 Å². The van der Waals surface area contributed by atoms with Crippen molar-refractivity contribution in [2.45, 2.75) is 80.8 Å². The number of likely N-dealkylation sites (N-methyl/N-ethyl adjacent to an activating group) is 2. The van der Waals surface area contributed by atoms with E-state index in [1.54, 1.807) is 19.6 Å². The Balaban J connectivity index is 1.54. The molecule has 1 aliphatic carbocycles. The maximum Gasteiger partial charge on any atom is 0.239 e. The molecule has 1 amide bonds. The molecule has 1 aromatic heterocycles. The number of aliphatic hydroxyl groups excluding tert-OH is 1. The topological polar surface area (TPSA) is 134 Å². The number of hydrogen-bond donors (Lipinski definition) is 5. The second-order valence-electron chi connectivity index (χ2n) is 8.24. The highest BCUT2D eigenvalue weighted by Crippen LogP contribution is 2.41. The zero-order chi connectivity index (χ0) is 21.5. The van der Waals surface area contributed by atoms with Gasteiger partial charge in [-0.25, -0.2) is 4.98 Å². The third-order valence-electron chi connectivity index (χ3n) is 6.24. The number of hydrogen-bond acceptors (Lipinski definition) is 10. The van der Waals surface area contributed by atoms with Gasteiger partial charge in [-0.15, -0.1) is 11.3 Å². The third kappa shape index (κ3) is 4.00. The number of carbonyl (C=O) groups is 1. The molecule has 11 heteroatoms. The Labute approximate surface area is 179 Å². The molecule has 9 atom stereocenters. The summed E-state index contributed by atoms with van der Waals surface area (Å²) in [5, 5.41) is 33.1. The summed E-state index contributed by atoms with van der Waals surface area (Å²) in [5.74, 6) is -2.13. The first-order valence-electron chi connectivity index (χ1n) is 10.3. The minimum absolute atomic E-state index is 0.116.